The van der Waals surface area contributed by atoms with Gasteiger partial charge in [0.25, 0.3) is 0 Å². The summed E-state index contributed by atoms with van der Waals surface area (Å²) < 4.78 is 0. The highest BCUT2D eigenvalue weighted by molar-refractivity contribution is 6.36. The van der Waals surface area contributed by atoms with Crippen LogP contribution in [0.2, 0.25) is 0 Å². The molecule has 0 aromatic heterocycles. The summed E-state index contributed by atoms with van der Waals surface area (Å²) in [5, 5.41) is 0. The standard InChI is InChI=1S/C18H24N4/c1-2-10-18(22-14-16-8-4-6-12-20-16)17(9-1)21-13-15-7-3-5-11-19-15/h3-4,7-8,13-14,17-18H,1-2,5-6,9-12H2/t17-,18-/m0/s1. The molecule has 0 amide bonds. The molecule has 0 unspecified atom stereocenters. The minimum Gasteiger partial charge on any atom is -0.285 e. The Kier molecular flexibility index (Phi) is 5.46. The number of rotatable bonds is 4. The van der Waals surface area contributed by atoms with Gasteiger partial charge in [0.05, 0.1) is 23.5 Å². The van der Waals surface area contributed by atoms with Crippen LogP contribution >= 0.6 is 0 Å². The lowest BCUT2D eigenvalue weighted by atomic mass is 9.91. The molecule has 0 saturated heterocycles. The average Bonchev–Trinajstić information content (AvgIpc) is 2.61. The second kappa shape index (κ2) is 7.97. The highest BCUT2D eigenvalue weighted by atomic mass is 14.9. The van der Waals surface area contributed by atoms with E-state index < -0.39 is 0 Å². The van der Waals surface area contributed by atoms with Gasteiger partial charge in [0, 0.05) is 25.5 Å². The van der Waals surface area contributed by atoms with E-state index in [1.165, 1.54) is 12.8 Å². The summed E-state index contributed by atoms with van der Waals surface area (Å²) in [6, 6.07) is 0.576. The Morgan fingerprint density at radius 2 is 1.32 bits per heavy atom. The third-order valence-corrected chi connectivity index (χ3v) is 4.25. The van der Waals surface area contributed by atoms with Crippen LogP contribution in [0.4, 0.5) is 0 Å². The van der Waals surface area contributed by atoms with E-state index in [0.717, 1.165) is 50.2 Å². The molecule has 0 aromatic carbocycles. The minimum absolute atomic E-state index is 0.288. The Labute approximate surface area is 132 Å². The summed E-state index contributed by atoms with van der Waals surface area (Å²) in [5.41, 5.74) is 2.00. The SMILES string of the molecule is C1=CC(C=N[C@H]2CCCC[C@@H]2N=CC2=NCCC=C2)=NCC1. The van der Waals surface area contributed by atoms with Crippen LogP contribution in [0.3, 0.4) is 0 Å². The molecule has 3 rings (SSSR count). The van der Waals surface area contributed by atoms with Crippen LogP contribution in [0.15, 0.2) is 44.3 Å². The summed E-state index contributed by atoms with van der Waals surface area (Å²) in [7, 11) is 0. The molecule has 0 N–H and O–H groups in total. The van der Waals surface area contributed by atoms with E-state index in [1.807, 2.05) is 12.4 Å². The number of dihydropyridines is 2. The fraction of sp³-hybridized carbons (Fsp3) is 0.556. The minimum atomic E-state index is 0.288. The smallest absolute Gasteiger partial charge is 0.0749 e. The molecule has 0 aromatic rings. The molecule has 1 saturated carbocycles. The Bertz CT molecular complexity index is 501. The first-order valence-corrected chi connectivity index (χ1v) is 8.40. The van der Waals surface area contributed by atoms with Crippen molar-refractivity contribution in [2.75, 3.05) is 13.1 Å². The van der Waals surface area contributed by atoms with Gasteiger partial charge in [-0.2, -0.15) is 0 Å². The van der Waals surface area contributed by atoms with E-state index in [4.69, 9.17) is 9.98 Å². The van der Waals surface area contributed by atoms with Gasteiger partial charge in [-0.3, -0.25) is 20.0 Å². The van der Waals surface area contributed by atoms with Crippen molar-refractivity contribution in [3.63, 3.8) is 0 Å². The maximum Gasteiger partial charge on any atom is 0.0749 e. The maximum absolute atomic E-state index is 4.77. The maximum atomic E-state index is 4.77. The number of hydrogen-bond donors (Lipinski definition) is 0. The molecule has 1 aliphatic carbocycles. The molecule has 0 radical (unpaired) electrons. The molecular formula is C18H24N4. The van der Waals surface area contributed by atoms with Crippen molar-refractivity contribution in [2.24, 2.45) is 20.0 Å². The first kappa shape index (κ1) is 15.1. The van der Waals surface area contributed by atoms with Crippen molar-refractivity contribution >= 4 is 23.9 Å². The van der Waals surface area contributed by atoms with Gasteiger partial charge in [-0.05, 0) is 37.8 Å². The molecule has 2 aliphatic heterocycles. The van der Waals surface area contributed by atoms with Crippen LogP contribution in [0.1, 0.15) is 38.5 Å². The van der Waals surface area contributed by atoms with Crippen LogP contribution in [0, 0.1) is 0 Å². The predicted octanol–water partition coefficient (Wildman–Crippen LogP) is 3.24. The number of allylic oxidation sites excluding steroid dienone is 2. The summed E-state index contributed by atoms with van der Waals surface area (Å²) >= 11 is 0. The fourth-order valence-electron chi connectivity index (χ4n) is 3.00. The summed E-state index contributed by atoms with van der Waals surface area (Å²) in [5.74, 6) is 0. The van der Waals surface area contributed by atoms with Gasteiger partial charge < -0.3 is 0 Å². The Morgan fingerprint density at radius 3 is 1.73 bits per heavy atom. The van der Waals surface area contributed by atoms with Gasteiger partial charge in [0.2, 0.25) is 0 Å². The lowest BCUT2D eigenvalue weighted by Crippen LogP contribution is -2.28. The normalized spacial score (nSPS) is 29.1. The zero-order chi connectivity index (χ0) is 15.0. The van der Waals surface area contributed by atoms with Crippen molar-refractivity contribution in [3.05, 3.63) is 24.3 Å². The summed E-state index contributed by atoms with van der Waals surface area (Å²) in [4.78, 5) is 18.5. The molecule has 3 aliphatic rings. The molecule has 22 heavy (non-hydrogen) atoms. The topological polar surface area (TPSA) is 49.4 Å². The highest BCUT2D eigenvalue weighted by Crippen LogP contribution is 2.23. The molecule has 0 bridgehead atoms. The van der Waals surface area contributed by atoms with Crippen molar-refractivity contribution in [1.82, 2.24) is 0 Å². The van der Waals surface area contributed by atoms with Crippen molar-refractivity contribution in [2.45, 2.75) is 50.6 Å². The van der Waals surface area contributed by atoms with Gasteiger partial charge in [0.1, 0.15) is 0 Å². The number of hydrogen-bond acceptors (Lipinski definition) is 4. The fourth-order valence-corrected chi connectivity index (χ4v) is 3.00. The summed E-state index contributed by atoms with van der Waals surface area (Å²) in [6.07, 6.45) is 19.2. The number of nitrogens with zero attached hydrogens (tertiary/aromatic N) is 4. The van der Waals surface area contributed by atoms with E-state index in [-0.39, 0.29) is 12.1 Å². The molecule has 2 atom stereocenters. The van der Waals surface area contributed by atoms with Gasteiger partial charge in [-0.15, -0.1) is 0 Å². The quantitative estimate of drug-likeness (QED) is 0.715. The first-order valence-electron chi connectivity index (χ1n) is 8.40. The Morgan fingerprint density at radius 1 is 0.818 bits per heavy atom. The van der Waals surface area contributed by atoms with E-state index >= 15 is 0 Å². The van der Waals surface area contributed by atoms with Crippen LogP contribution in [-0.2, 0) is 0 Å². The van der Waals surface area contributed by atoms with E-state index in [0.29, 0.717) is 0 Å². The average molecular weight is 296 g/mol. The van der Waals surface area contributed by atoms with E-state index in [1.54, 1.807) is 0 Å². The molecule has 1 fully saturated rings. The molecule has 2 heterocycles. The van der Waals surface area contributed by atoms with Gasteiger partial charge in [-0.25, -0.2) is 0 Å². The van der Waals surface area contributed by atoms with Gasteiger partial charge in [-0.1, -0.05) is 25.0 Å². The summed E-state index contributed by atoms with van der Waals surface area (Å²) in [6.45, 7) is 1.77. The zero-order valence-electron chi connectivity index (χ0n) is 13.1. The monoisotopic (exact) mass is 296 g/mol. The molecule has 4 nitrogen and oxygen atoms in total. The van der Waals surface area contributed by atoms with Crippen molar-refractivity contribution < 1.29 is 0 Å². The second-order valence-corrected chi connectivity index (χ2v) is 5.97. The lowest BCUT2D eigenvalue weighted by Gasteiger charge is -2.25. The number of aliphatic imine (C=N–C) groups is 4. The van der Waals surface area contributed by atoms with E-state index in [2.05, 4.69) is 34.3 Å². The van der Waals surface area contributed by atoms with Gasteiger partial charge in [0.15, 0.2) is 0 Å². The van der Waals surface area contributed by atoms with Crippen LogP contribution < -0.4 is 0 Å². The Hall–Kier alpha value is -1.84. The largest absolute Gasteiger partial charge is 0.285 e. The van der Waals surface area contributed by atoms with Gasteiger partial charge >= 0.3 is 0 Å². The van der Waals surface area contributed by atoms with Crippen molar-refractivity contribution in [3.8, 4) is 0 Å². The molecular weight excluding hydrogens is 272 g/mol. The predicted molar refractivity (Wildman–Crippen MR) is 95.1 cm³/mol. The van der Waals surface area contributed by atoms with E-state index in [9.17, 15) is 0 Å². The molecule has 4 heteroatoms. The van der Waals surface area contributed by atoms with Crippen LogP contribution in [-0.4, -0.2) is 49.0 Å². The third kappa shape index (κ3) is 4.33. The zero-order valence-corrected chi connectivity index (χ0v) is 13.1. The molecule has 0 spiro atoms. The lowest BCUT2D eigenvalue weighted by molar-refractivity contribution is 0.390. The van der Waals surface area contributed by atoms with Crippen LogP contribution in [0.25, 0.3) is 0 Å². The molecule has 116 valence electrons. The van der Waals surface area contributed by atoms with Crippen LogP contribution in [0.5, 0.6) is 0 Å². The second-order valence-electron chi connectivity index (χ2n) is 5.97. The highest BCUT2D eigenvalue weighted by Gasteiger charge is 2.23. The third-order valence-electron chi connectivity index (χ3n) is 4.25. The first-order chi connectivity index (χ1) is 10.9. The Balaban J connectivity index is 1.63. The van der Waals surface area contributed by atoms with Crippen molar-refractivity contribution in [1.29, 1.82) is 0 Å².